The third-order valence-corrected chi connectivity index (χ3v) is 4.59. The monoisotopic (exact) mass is 435 g/mol. The normalized spacial score (nSPS) is 13.0. The summed E-state index contributed by atoms with van der Waals surface area (Å²) >= 11 is 0. The largest absolute Gasteiger partial charge is 0.454 e. The molecule has 1 aliphatic heterocycles. The maximum atomic E-state index is 12.7. The van der Waals surface area contributed by atoms with Crippen LogP contribution in [0.1, 0.15) is 16.8 Å². The van der Waals surface area contributed by atoms with E-state index in [4.69, 9.17) is 14.2 Å². The molecule has 2 amide bonds. The second-order valence-corrected chi connectivity index (χ2v) is 6.89. The molecule has 4 rings (SSSR count). The number of H-pyrrole nitrogens is 1. The van der Waals surface area contributed by atoms with Crippen molar-refractivity contribution in [2.45, 2.75) is 19.1 Å². The highest BCUT2D eigenvalue weighted by atomic mass is 16.7. The van der Waals surface area contributed by atoms with Crippen molar-refractivity contribution in [1.82, 2.24) is 20.7 Å². The summed E-state index contributed by atoms with van der Waals surface area (Å²) in [6, 6.07) is 13.6. The average molecular weight is 435 g/mol. The molecule has 0 saturated carbocycles. The Morgan fingerprint density at radius 2 is 2.03 bits per heavy atom. The minimum absolute atomic E-state index is 0.0906. The fourth-order valence-electron chi connectivity index (χ4n) is 2.97. The maximum absolute atomic E-state index is 12.7. The van der Waals surface area contributed by atoms with E-state index in [0.717, 1.165) is 11.1 Å². The summed E-state index contributed by atoms with van der Waals surface area (Å²) < 4.78 is 15.8. The Hall–Kier alpha value is -4.34. The molecule has 10 nitrogen and oxygen atoms in total. The van der Waals surface area contributed by atoms with Crippen molar-refractivity contribution in [2.75, 3.05) is 6.79 Å². The van der Waals surface area contributed by atoms with Crippen molar-refractivity contribution in [1.29, 1.82) is 0 Å². The summed E-state index contributed by atoms with van der Waals surface area (Å²) in [5.74, 6) is 0.762. The fraction of sp³-hybridized carbons (Fsp3) is 0.182. The molecule has 0 bridgehead atoms. The number of imidazole rings is 1. The molecular formula is C22H21N5O5. The van der Waals surface area contributed by atoms with Crippen molar-refractivity contribution in [3.8, 4) is 11.5 Å². The molecule has 164 valence electrons. The number of ether oxygens (including phenoxy) is 3. The van der Waals surface area contributed by atoms with Crippen molar-refractivity contribution in [3.63, 3.8) is 0 Å². The van der Waals surface area contributed by atoms with Gasteiger partial charge in [-0.05, 0) is 29.3 Å². The predicted molar refractivity (Wildman–Crippen MR) is 114 cm³/mol. The van der Waals surface area contributed by atoms with E-state index in [2.05, 4.69) is 25.8 Å². The first kappa shape index (κ1) is 20.9. The third-order valence-electron chi connectivity index (χ3n) is 4.59. The number of carbonyl (C=O) groups excluding carboxylic acids is 2. The van der Waals surface area contributed by atoms with Gasteiger partial charge in [0.25, 0.3) is 5.91 Å². The van der Waals surface area contributed by atoms with E-state index in [1.807, 2.05) is 30.3 Å². The molecule has 2 heterocycles. The molecular weight excluding hydrogens is 414 g/mol. The van der Waals surface area contributed by atoms with E-state index in [-0.39, 0.29) is 19.8 Å². The topological polar surface area (TPSA) is 127 Å². The lowest BCUT2D eigenvalue weighted by Gasteiger charge is -2.16. The summed E-state index contributed by atoms with van der Waals surface area (Å²) in [5, 5.41) is 6.56. The number of alkyl carbamates (subject to hydrolysis) is 1. The van der Waals surface area contributed by atoms with Gasteiger partial charge < -0.3 is 24.5 Å². The Morgan fingerprint density at radius 1 is 1.19 bits per heavy atom. The number of rotatable bonds is 8. The molecule has 0 saturated heterocycles. The van der Waals surface area contributed by atoms with E-state index < -0.39 is 18.0 Å². The van der Waals surface area contributed by atoms with Crippen LogP contribution in [0.15, 0.2) is 66.2 Å². The molecule has 2 aromatic carbocycles. The van der Waals surface area contributed by atoms with Gasteiger partial charge in [-0.25, -0.2) is 15.2 Å². The smallest absolute Gasteiger partial charge is 0.408 e. The van der Waals surface area contributed by atoms with Crippen molar-refractivity contribution in [2.24, 2.45) is 5.10 Å². The van der Waals surface area contributed by atoms with Gasteiger partial charge in [0.1, 0.15) is 12.6 Å². The predicted octanol–water partition coefficient (Wildman–Crippen LogP) is 2.13. The first-order valence-electron chi connectivity index (χ1n) is 9.84. The zero-order valence-corrected chi connectivity index (χ0v) is 17.0. The van der Waals surface area contributed by atoms with Gasteiger partial charge in [-0.15, -0.1) is 0 Å². The van der Waals surface area contributed by atoms with Gasteiger partial charge in [0.2, 0.25) is 6.79 Å². The molecule has 3 N–H and O–H groups in total. The minimum atomic E-state index is -0.923. The van der Waals surface area contributed by atoms with Crippen LogP contribution < -0.4 is 20.2 Å². The van der Waals surface area contributed by atoms with Crippen LogP contribution in [-0.2, 0) is 22.6 Å². The molecule has 0 spiro atoms. The molecule has 0 radical (unpaired) electrons. The number of carbonyl (C=O) groups is 2. The first-order valence-corrected chi connectivity index (χ1v) is 9.84. The lowest BCUT2D eigenvalue weighted by Crippen LogP contribution is -2.47. The summed E-state index contributed by atoms with van der Waals surface area (Å²) in [6.07, 6.45) is 4.02. The van der Waals surface area contributed by atoms with Crippen LogP contribution in [0.25, 0.3) is 0 Å². The number of benzene rings is 2. The van der Waals surface area contributed by atoms with Crippen LogP contribution >= 0.6 is 0 Å². The van der Waals surface area contributed by atoms with Crippen molar-refractivity contribution in [3.05, 3.63) is 77.9 Å². The maximum Gasteiger partial charge on any atom is 0.408 e. The fourth-order valence-corrected chi connectivity index (χ4v) is 2.97. The zero-order chi connectivity index (χ0) is 22.2. The van der Waals surface area contributed by atoms with Gasteiger partial charge in [0.15, 0.2) is 11.5 Å². The van der Waals surface area contributed by atoms with Gasteiger partial charge in [-0.3, -0.25) is 4.79 Å². The number of hydrogen-bond donors (Lipinski definition) is 3. The molecule has 1 atom stereocenters. The number of fused-ring (bicyclic) bond motifs is 1. The van der Waals surface area contributed by atoms with Crippen LogP contribution in [0, 0.1) is 0 Å². The molecule has 0 fully saturated rings. The lowest BCUT2D eigenvalue weighted by atomic mass is 10.1. The molecule has 3 aromatic rings. The second kappa shape index (κ2) is 10.1. The van der Waals surface area contributed by atoms with E-state index in [1.54, 1.807) is 24.4 Å². The van der Waals surface area contributed by atoms with Crippen molar-refractivity contribution < 1.29 is 23.8 Å². The molecule has 10 heteroatoms. The van der Waals surface area contributed by atoms with E-state index >= 15 is 0 Å². The Kier molecular flexibility index (Phi) is 6.61. The SMILES string of the molecule is O=C(N[C@@H](Cc1cnc[nH]1)C(=O)N/N=C\c1ccc2c(c1)OCO2)OCc1ccccc1. The van der Waals surface area contributed by atoms with E-state index in [9.17, 15) is 9.59 Å². The quantitative estimate of drug-likeness (QED) is 0.367. The Labute approximate surface area is 183 Å². The Morgan fingerprint density at radius 3 is 2.84 bits per heavy atom. The number of nitrogens with zero attached hydrogens (tertiary/aromatic N) is 2. The summed E-state index contributed by atoms with van der Waals surface area (Å²) in [7, 11) is 0. The average Bonchev–Trinajstić information content (AvgIpc) is 3.49. The molecule has 1 aliphatic rings. The van der Waals surface area contributed by atoms with Crippen LogP contribution in [0.2, 0.25) is 0 Å². The van der Waals surface area contributed by atoms with Gasteiger partial charge in [0, 0.05) is 18.3 Å². The van der Waals surface area contributed by atoms with E-state index in [1.165, 1.54) is 12.5 Å². The number of hydrogen-bond acceptors (Lipinski definition) is 7. The van der Waals surface area contributed by atoms with E-state index in [0.29, 0.717) is 17.2 Å². The molecule has 1 aromatic heterocycles. The van der Waals surface area contributed by atoms with Crippen LogP contribution in [-0.4, -0.2) is 41.0 Å². The number of nitrogens with one attached hydrogen (secondary N) is 3. The number of aromatic nitrogens is 2. The molecule has 0 unspecified atom stereocenters. The highest BCUT2D eigenvalue weighted by Gasteiger charge is 2.22. The lowest BCUT2D eigenvalue weighted by molar-refractivity contribution is -0.123. The summed E-state index contributed by atoms with van der Waals surface area (Å²) in [5.41, 5.74) is 4.67. The Balaban J connectivity index is 1.35. The second-order valence-electron chi connectivity index (χ2n) is 6.89. The summed E-state index contributed by atoms with van der Waals surface area (Å²) in [4.78, 5) is 31.8. The van der Waals surface area contributed by atoms with Gasteiger partial charge >= 0.3 is 6.09 Å². The standard InChI is InChI=1S/C22H21N5O5/c28-21(27-25-10-16-6-7-19-20(8-16)32-14-31-19)18(9-17-11-23-13-24-17)26-22(29)30-12-15-4-2-1-3-5-15/h1-8,10-11,13,18H,9,12,14H2,(H,23,24)(H,26,29)(H,27,28)/b25-10-/t18-/m0/s1. The third kappa shape index (κ3) is 5.63. The zero-order valence-electron chi connectivity index (χ0n) is 17.0. The highest BCUT2D eigenvalue weighted by molar-refractivity contribution is 5.87. The summed E-state index contributed by atoms with van der Waals surface area (Å²) in [6.45, 7) is 0.265. The van der Waals surface area contributed by atoms with Gasteiger partial charge in [-0.1, -0.05) is 30.3 Å². The number of hydrazone groups is 1. The van der Waals surface area contributed by atoms with Crippen LogP contribution in [0.5, 0.6) is 11.5 Å². The highest BCUT2D eigenvalue weighted by Crippen LogP contribution is 2.31. The van der Waals surface area contributed by atoms with Crippen LogP contribution in [0.3, 0.4) is 0 Å². The van der Waals surface area contributed by atoms with Gasteiger partial charge in [0.05, 0.1) is 12.5 Å². The van der Waals surface area contributed by atoms with Crippen molar-refractivity contribution >= 4 is 18.2 Å². The molecule has 32 heavy (non-hydrogen) atoms. The number of aromatic amines is 1. The first-order chi connectivity index (χ1) is 15.7. The van der Waals surface area contributed by atoms with Gasteiger partial charge in [-0.2, -0.15) is 5.10 Å². The minimum Gasteiger partial charge on any atom is -0.454 e. The molecule has 0 aliphatic carbocycles. The number of amides is 2. The Bertz CT molecular complexity index is 1090. The van der Waals surface area contributed by atoms with Crippen LogP contribution in [0.4, 0.5) is 4.79 Å².